The van der Waals surface area contributed by atoms with Gasteiger partial charge in [-0.15, -0.1) is 0 Å². The van der Waals surface area contributed by atoms with Crippen molar-refractivity contribution >= 4 is 75.1 Å². The average molecular weight is 882 g/mol. The molecular formula is C37H35Cl2IN2O9S. The number of thiazole rings is 1. The molecule has 0 saturated heterocycles. The van der Waals surface area contributed by atoms with Gasteiger partial charge in [0.1, 0.15) is 6.61 Å². The molecule has 0 radical (unpaired) electrons. The number of methoxy groups -OCH3 is 1. The molecule has 0 N–H and O–H groups in total. The SMILES string of the molecule is CCOC(=O)C1=C(C)N=c2s/c(=C/c3cc(I)c(OCc4ccc(Cl)cc4Cl)c(OCC)c3)c(=O)n2[C@@H]1c1ccc(OCC(=O)OC)c(OCC)c1. The molecule has 5 rings (SSSR count). The minimum absolute atomic E-state index is 0.129. The first kappa shape index (κ1) is 39.2. The molecule has 2 heterocycles. The van der Waals surface area contributed by atoms with Gasteiger partial charge in [-0.2, -0.15) is 0 Å². The second-order valence-corrected chi connectivity index (χ2v) is 14.1. The maximum absolute atomic E-state index is 14.3. The van der Waals surface area contributed by atoms with Gasteiger partial charge in [0.25, 0.3) is 5.56 Å². The number of hydrogen-bond acceptors (Lipinski definition) is 11. The van der Waals surface area contributed by atoms with Gasteiger partial charge in [-0.05, 0) is 104 Å². The van der Waals surface area contributed by atoms with Crippen LogP contribution in [0, 0.1) is 3.57 Å². The predicted octanol–water partition coefficient (Wildman–Crippen LogP) is 6.64. The van der Waals surface area contributed by atoms with Gasteiger partial charge in [-0.3, -0.25) is 9.36 Å². The number of nitrogens with zero attached hydrogens (tertiary/aromatic N) is 2. The molecule has 4 aromatic rings. The van der Waals surface area contributed by atoms with Crippen molar-refractivity contribution in [2.24, 2.45) is 4.99 Å². The molecular weight excluding hydrogens is 846 g/mol. The summed E-state index contributed by atoms with van der Waals surface area (Å²) >= 11 is 15.8. The molecule has 274 valence electrons. The zero-order valence-corrected chi connectivity index (χ0v) is 33.4. The summed E-state index contributed by atoms with van der Waals surface area (Å²) in [6, 6.07) is 13.0. The molecule has 1 aliphatic heterocycles. The van der Waals surface area contributed by atoms with E-state index in [-0.39, 0.29) is 31.0 Å². The van der Waals surface area contributed by atoms with Gasteiger partial charge in [0.05, 0.1) is 52.3 Å². The zero-order valence-electron chi connectivity index (χ0n) is 28.9. The van der Waals surface area contributed by atoms with Crippen LogP contribution in [0.1, 0.15) is 50.4 Å². The van der Waals surface area contributed by atoms with Crippen LogP contribution in [-0.4, -0.2) is 50.0 Å². The van der Waals surface area contributed by atoms with Crippen LogP contribution in [0.2, 0.25) is 10.0 Å². The number of esters is 2. The third-order valence-electron chi connectivity index (χ3n) is 7.69. The van der Waals surface area contributed by atoms with Gasteiger partial charge in [0.2, 0.25) is 0 Å². The molecule has 0 fully saturated rings. The molecule has 3 aromatic carbocycles. The number of rotatable bonds is 14. The second kappa shape index (κ2) is 17.6. The molecule has 1 aromatic heterocycles. The molecule has 0 bridgehead atoms. The maximum atomic E-state index is 14.3. The lowest BCUT2D eigenvalue weighted by Gasteiger charge is -2.25. The van der Waals surface area contributed by atoms with Gasteiger partial charge in [0.15, 0.2) is 34.4 Å². The van der Waals surface area contributed by atoms with Gasteiger partial charge < -0.3 is 28.4 Å². The Balaban J connectivity index is 1.59. The fourth-order valence-corrected chi connectivity index (χ4v) is 7.69. The van der Waals surface area contributed by atoms with Crippen LogP contribution in [-0.2, 0) is 25.7 Å². The summed E-state index contributed by atoms with van der Waals surface area (Å²) in [7, 11) is 1.27. The first-order valence-corrected chi connectivity index (χ1v) is 18.8. The van der Waals surface area contributed by atoms with E-state index in [4.69, 9.17) is 51.6 Å². The molecule has 0 unspecified atom stereocenters. The van der Waals surface area contributed by atoms with E-state index in [1.165, 1.54) is 23.0 Å². The fourth-order valence-electron chi connectivity index (χ4n) is 5.40. The van der Waals surface area contributed by atoms with Crippen LogP contribution in [0.3, 0.4) is 0 Å². The number of fused-ring (bicyclic) bond motifs is 1. The quantitative estimate of drug-likeness (QED) is 0.101. The van der Waals surface area contributed by atoms with E-state index in [1.807, 2.05) is 13.0 Å². The van der Waals surface area contributed by atoms with E-state index >= 15 is 0 Å². The summed E-state index contributed by atoms with van der Waals surface area (Å²) < 4.78 is 36.4. The summed E-state index contributed by atoms with van der Waals surface area (Å²) in [6.45, 7) is 7.76. The average Bonchev–Trinajstić information content (AvgIpc) is 3.40. The highest BCUT2D eigenvalue weighted by atomic mass is 127. The van der Waals surface area contributed by atoms with E-state index in [2.05, 4.69) is 27.6 Å². The highest BCUT2D eigenvalue weighted by molar-refractivity contribution is 14.1. The lowest BCUT2D eigenvalue weighted by Crippen LogP contribution is -2.40. The summed E-state index contributed by atoms with van der Waals surface area (Å²) in [6.07, 6.45) is 1.75. The van der Waals surface area contributed by atoms with Crippen molar-refractivity contribution in [1.82, 2.24) is 4.57 Å². The van der Waals surface area contributed by atoms with Crippen molar-refractivity contribution in [1.29, 1.82) is 0 Å². The molecule has 1 aliphatic rings. The molecule has 15 heteroatoms. The van der Waals surface area contributed by atoms with Gasteiger partial charge in [0, 0.05) is 15.6 Å². The molecule has 1 atom stereocenters. The van der Waals surface area contributed by atoms with E-state index in [0.717, 1.165) is 9.13 Å². The maximum Gasteiger partial charge on any atom is 0.343 e. The number of aromatic nitrogens is 1. The van der Waals surface area contributed by atoms with Crippen LogP contribution in [0.4, 0.5) is 0 Å². The van der Waals surface area contributed by atoms with Crippen LogP contribution < -0.4 is 33.8 Å². The Morgan fingerprint density at radius 2 is 1.69 bits per heavy atom. The van der Waals surface area contributed by atoms with E-state index in [1.54, 1.807) is 69.3 Å². The monoisotopic (exact) mass is 880 g/mol. The number of allylic oxidation sites excluding steroid dienone is 1. The zero-order chi connectivity index (χ0) is 37.5. The minimum Gasteiger partial charge on any atom is -0.490 e. The van der Waals surface area contributed by atoms with Gasteiger partial charge in [-0.25, -0.2) is 14.6 Å². The third kappa shape index (κ3) is 8.76. The largest absolute Gasteiger partial charge is 0.490 e. The Labute approximate surface area is 327 Å². The Morgan fingerprint density at radius 1 is 0.942 bits per heavy atom. The smallest absolute Gasteiger partial charge is 0.343 e. The highest BCUT2D eigenvalue weighted by Gasteiger charge is 2.34. The summed E-state index contributed by atoms with van der Waals surface area (Å²) in [5, 5.41) is 1.02. The van der Waals surface area contributed by atoms with E-state index in [9.17, 15) is 14.4 Å². The minimum atomic E-state index is -0.902. The molecule has 0 spiro atoms. The summed E-state index contributed by atoms with van der Waals surface area (Å²) in [4.78, 5) is 44.6. The Hall–Kier alpha value is -4.05. The Kier molecular flexibility index (Phi) is 13.3. The number of carbonyl (C=O) groups excluding carboxylic acids is 2. The van der Waals surface area contributed by atoms with Crippen molar-refractivity contribution in [3.05, 3.63) is 110 Å². The van der Waals surface area contributed by atoms with Crippen LogP contribution in [0.15, 0.2) is 69.6 Å². The summed E-state index contributed by atoms with van der Waals surface area (Å²) in [5.74, 6) is 0.488. The van der Waals surface area contributed by atoms with Crippen molar-refractivity contribution in [3.63, 3.8) is 0 Å². The fraction of sp³-hybridized carbons (Fsp3) is 0.297. The molecule has 0 aliphatic carbocycles. The van der Waals surface area contributed by atoms with Crippen molar-refractivity contribution < 1.29 is 38.0 Å². The topological polar surface area (TPSA) is 124 Å². The molecule has 0 saturated carbocycles. The van der Waals surface area contributed by atoms with Gasteiger partial charge in [-0.1, -0.05) is 46.7 Å². The number of halogens is 3. The van der Waals surface area contributed by atoms with Crippen molar-refractivity contribution in [2.75, 3.05) is 33.5 Å². The van der Waals surface area contributed by atoms with E-state index < -0.39 is 18.0 Å². The van der Waals surface area contributed by atoms with Crippen molar-refractivity contribution in [3.8, 4) is 23.0 Å². The van der Waals surface area contributed by atoms with Crippen LogP contribution in [0.25, 0.3) is 6.08 Å². The highest BCUT2D eigenvalue weighted by Crippen LogP contribution is 2.38. The van der Waals surface area contributed by atoms with E-state index in [0.29, 0.717) is 72.4 Å². The normalized spacial score (nSPS) is 14.0. The van der Waals surface area contributed by atoms with Gasteiger partial charge >= 0.3 is 11.9 Å². The molecule has 0 amide bonds. The lowest BCUT2D eigenvalue weighted by molar-refractivity contribution is -0.143. The Morgan fingerprint density at radius 3 is 2.38 bits per heavy atom. The number of hydrogen-bond donors (Lipinski definition) is 0. The lowest BCUT2D eigenvalue weighted by atomic mass is 9.95. The number of benzene rings is 3. The van der Waals surface area contributed by atoms with Crippen LogP contribution >= 0.6 is 57.1 Å². The van der Waals surface area contributed by atoms with Crippen LogP contribution in [0.5, 0.6) is 23.0 Å². The second-order valence-electron chi connectivity index (χ2n) is 11.1. The number of carbonyl (C=O) groups is 2. The first-order valence-electron chi connectivity index (χ1n) is 16.2. The molecule has 52 heavy (non-hydrogen) atoms. The standard InChI is InChI=1S/C37H35Cl2IN2O9S/c1-6-47-28-16-22(10-12-27(28)50-19-31(43)46-5)33-32(36(45)49-8-3)20(4)41-37-42(33)35(44)30(52-37)15-21-13-26(40)34(29(14-21)48-7-2)51-18-23-9-11-24(38)17-25(23)39/h9-17,33H,6-8,18-19H2,1-5H3/b30-15+/t33-/m1/s1. The Bertz CT molecular complexity index is 2220. The first-order chi connectivity index (χ1) is 25.0. The third-order valence-corrected chi connectivity index (χ3v) is 10.1. The summed E-state index contributed by atoms with van der Waals surface area (Å²) in [5.41, 5.74) is 2.27. The predicted molar refractivity (Wildman–Crippen MR) is 207 cm³/mol. The molecule has 11 nitrogen and oxygen atoms in total. The van der Waals surface area contributed by atoms with Crippen molar-refractivity contribution in [2.45, 2.75) is 40.3 Å². The number of ether oxygens (including phenoxy) is 6.